The van der Waals surface area contributed by atoms with Gasteiger partial charge in [0.25, 0.3) is 5.69 Å². The van der Waals surface area contributed by atoms with Crippen molar-refractivity contribution in [1.82, 2.24) is 20.3 Å². The van der Waals surface area contributed by atoms with E-state index in [0.717, 1.165) is 17.9 Å². The monoisotopic (exact) mass is 353 g/mol. The molecule has 2 rings (SSSR count). The molecule has 8 heteroatoms. The van der Waals surface area contributed by atoms with Crippen LogP contribution in [0.1, 0.15) is 19.5 Å². The molecule has 0 aliphatic heterocycles. The summed E-state index contributed by atoms with van der Waals surface area (Å²) in [5.74, 6) is 0.575. The fraction of sp³-hybridized carbons (Fsp3) is 0.385. The number of nitro groups is 1. The summed E-state index contributed by atoms with van der Waals surface area (Å²) in [7, 11) is 0. The summed E-state index contributed by atoms with van der Waals surface area (Å²) in [4.78, 5) is 10.3. The first-order valence-corrected chi connectivity index (χ1v) is 7.33. The number of nitrogens with one attached hydrogen (secondary N) is 1. The van der Waals surface area contributed by atoms with Crippen LogP contribution in [-0.4, -0.2) is 26.5 Å². The van der Waals surface area contributed by atoms with E-state index in [1.54, 1.807) is 23.0 Å². The summed E-state index contributed by atoms with van der Waals surface area (Å²) >= 11 is 3.19. The lowest BCUT2D eigenvalue weighted by atomic mass is 10.2. The van der Waals surface area contributed by atoms with Gasteiger partial charge in [0, 0.05) is 12.6 Å². The van der Waals surface area contributed by atoms with Crippen molar-refractivity contribution in [3.8, 4) is 5.69 Å². The number of rotatable bonds is 6. The first-order chi connectivity index (χ1) is 9.97. The highest BCUT2D eigenvalue weighted by Gasteiger charge is 2.13. The van der Waals surface area contributed by atoms with Gasteiger partial charge in [0.15, 0.2) is 0 Å². The van der Waals surface area contributed by atoms with Crippen LogP contribution in [0.3, 0.4) is 0 Å². The highest BCUT2D eigenvalue weighted by atomic mass is 79.9. The van der Waals surface area contributed by atoms with E-state index >= 15 is 0 Å². The Bertz CT molecular complexity index is 641. The Hall–Kier alpha value is -1.80. The summed E-state index contributed by atoms with van der Waals surface area (Å²) in [5.41, 5.74) is 1.57. The molecule has 0 aliphatic rings. The Morgan fingerprint density at radius 3 is 2.86 bits per heavy atom. The molecule has 0 radical (unpaired) electrons. The van der Waals surface area contributed by atoms with Crippen molar-refractivity contribution in [3.05, 3.63) is 44.7 Å². The number of hydrogen-bond donors (Lipinski definition) is 1. The first kappa shape index (κ1) is 15.6. The Morgan fingerprint density at radius 1 is 1.48 bits per heavy atom. The van der Waals surface area contributed by atoms with E-state index in [1.807, 2.05) is 0 Å². The number of halogens is 1. The van der Waals surface area contributed by atoms with Crippen LogP contribution in [0.2, 0.25) is 0 Å². The Balaban J connectivity index is 2.10. The second kappa shape index (κ2) is 6.77. The van der Waals surface area contributed by atoms with Crippen LogP contribution in [0.25, 0.3) is 5.69 Å². The van der Waals surface area contributed by atoms with Crippen LogP contribution in [0.4, 0.5) is 5.69 Å². The van der Waals surface area contributed by atoms with Crippen molar-refractivity contribution < 1.29 is 4.92 Å². The highest BCUT2D eigenvalue weighted by Crippen LogP contribution is 2.26. The number of nitrogens with zero attached hydrogens (tertiary/aromatic N) is 4. The van der Waals surface area contributed by atoms with E-state index in [2.05, 4.69) is 45.4 Å². The molecular formula is C13H16BrN5O2. The van der Waals surface area contributed by atoms with Crippen LogP contribution >= 0.6 is 15.9 Å². The second-order valence-corrected chi connectivity index (χ2v) is 5.93. The second-order valence-electron chi connectivity index (χ2n) is 5.07. The van der Waals surface area contributed by atoms with E-state index in [-0.39, 0.29) is 5.69 Å². The van der Waals surface area contributed by atoms with Gasteiger partial charge in [-0.05, 0) is 40.5 Å². The lowest BCUT2D eigenvalue weighted by molar-refractivity contribution is -0.385. The molecular weight excluding hydrogens is 338 g/mol. The molecule has 21 heavy (non-hydrogen) atoms. The predicted molar refractivity (Wildman–Crippen MR) is 82.3 cm³/mol. The third-order valence-corrected chi connectivity index (χ3v) is 3.43. The molecule has 1 aromatic heterocycles. The van der Waals surface area contributed by atoms with E-state index in [9.17, 15) is 10.1 Å². The largest absolute Gasteiger partial charge is 0.311 e. The van der Waals surface area contributed by atoms with Gasteiger partial charge >= 0.3 is 0 Å². The molecule has 0 saturated heterocycles. The van der Waals surface area contributed by atoms with E-state index in [0.29, 0.717) is 16.9 Å². The molecule has 0 amide bonds. The van der Waals surface area contributed by atoms with E-state index in [1.165, 1.54) is 6.07 Å². The van der Waals surface area contributed by atoms with Crippen molar-refractivity contribution in [3.63, 3.8) is 0 Å². The van der Waals surface area contributed by atoms with Gasteiger partial charge < -0.3 is 5.32 Å². The Kier molecular flexibility index (Phi) is 5.03. The highest BCUT2D eigenvalue weighted by molar-refractivity contribution is 9.10. The average Bonchev–Trinajstić information content (AvgIpc) is 2.86. The minimum atomic E-state index is -0.434. The van der Waals surface area contributed by atoms with Gasteiger partial charge in [0.2, 0.25) is 0 Å². The fourth-order valence-corrected chi connectivity index (χ4v) is 2.29. The normalized spacial score (nSPS) is 11.0. The first-order valence-electron chi connectivity index (χ1n) is 6.53. The third kappa shape index (κ3) is 4.08. The van der Waals surface area contributed by atoms with Crippen molar-refractivity contribution >= 4 is 21.6 Å². The van der Waals surface area contributed by atoms with Gasteiger partial charge in [-0.2, -0.15) is 0 Å². The number of aromatic nitrogens is 3. The SMILES string of the molecule is CC(C)CNCc1cn(-c2ccc([N+](=O)[O-])c(Br)c2)nn1. The van der Waals surface area contributed by atoms with Crippen molar-refractivity contribution in [2.75, 3.05) is 6.54 Å². The minimum Gasteiger partial charge on any atom is -0.311 e. The molecule has 1 aromatic carbocycles. The molecule has 1 heterocycles. The van der Waals surface area contributed by atoms with Gasteiger partial charge in [-0.15, -0.1) is 5.10 Å². The Labute approximate surface area is 130 Å². The molecule has 2 aromatic rings. The molecule has 1 N–H and O–H groups in total. The fourth-order valence-electron chi connectivity index (χ4n) is 1.78. The van der Waals surface area contributed by atoms with Crippen LogP contribution < -0.4 is 5.32 Å². The van der Waals surface area contributed by atoms with Gasteiger partial charge in [-0.3, -0.25) is 10.1 Å². The summed E-state index contributed by atoms with van der Waals surface area (Å²) in [6.07, 6.45) is 1.81. The maximum absolute atomic E-state index is 10.8. The third-order valence-electron chi connectivity index (χ3n) is 2.79. The molecule has 0 bridgehead atoms. The molecule has 0 atom stereocenters. The number of hydrogen-bond acceptors (Lipinski definition) is 5. The summed E-state index contributed by atoms with van der Waals surface area (Å²) in [6, 6.07) is 4.73. The summed E-state index contributed by atoms with van der Waals surface area (Å²) < 4.78 is 2.01. The number of benzene rings is 1. The van der Waals surface area contributed by atoms with Crippen molar-refractivity contribution in [2.45, 2.75) is 20.4 Å². The summed E-state index contributed by atoms with van der Waals surface area (Å²) in [5, 5.41) is 22.2. The molecule has 0 spiro atoms. The van der Waals surface area contributed by atoms with Crippen LogP contribution in [0.15, 0.2) is 28.9 Å². The number of nitro benzene ring substituents is 1. The molecule has 7 nitrogen and oxygen atoms in total. The standard InChI is InChI=1S/C13H16BrN5O2/c1-9(2)6-15-7-10-8-18(17-16-10)11-3-4-13(19(20)21)12(14)5-11/h3-5,8-9,15H,6-7H2,1-2H3. The molecule has 0 aliphatic carbocycles. The Morgan fingerprint density at radius 2 is 2.24 bits per heavy atom. The zero-order valence-corrected chi connectivity index (χ0v) is 13.4. The van der Waals surface area contributed by atoms with E-state index in [4.69, 9.17) is 0 Å². The molecule has 0 saturated carbocycles. The van der Waals surface area contributed by atoms with Gasteiger partial charge in [0.1, 0.15) is 0 Å². The van der Waals surface area contributed by atoms with Crippen LogP contribution in [0.5, 0.6) is 0 Å². The van der Waals surface area contributed by atoms with Gasteiger partial charge in [-0.1, -0.05) is 19.1 Å². The average molecular weight is 354 g/mol. The van der Waals surface area contributed by atoms with Gasteiger partial charge in [0.05, 0.1) is 27.0 Å². The maximum atomic E-state index is 10.8. The molecule has 0 fully saturated rings. The molecule has 0 unspecified atom stereocenters. The minimum absolute atomic E-state index is 0.0256. The maximum Gasteiger partial charge on any atom is 0.283 e. The predicted octanol–water partition coefficient (Wildman–Crippen LogP) is 2.68. The quantitative estimate of drug-likeness (QED) is 0.637. The summed E-state index contributed by atoms with van der Waals surface area (Å²) in [6.45, 7) is 5.83. The zero-order chi connectivity index (χ0) is 15.4. The van der Waals surface area contributed by atoms with Gasteiger partial charge in [-0.25, -0.2) is 4.68 Å². The lowest BCUT2D eigenvalue weighted by Crippen LogP contribution is -2.19. The van der Waals surface area contributed by atoms with E-state index < -0.39 is 4.92 Å². The van der Waals surface area contributed by atoms with Crippen LogP contribution in [-0.2, 0) is 6.54 Å². The van der Waals surface area contributed by atoms with Crippen molar-refractivity contribution in [1.29, 1.82) is 0 Å². The topological polar surface area (TPSA) is 85.9 Å². The smallest absolute Gasteiger partial charge is 0.283 e. The molecule has 112 valence electrons. The van der Waals surface area contributed by atoms with Crippen LogP contribution in [0, 0.1) is 16.0 Å². The van der Waals surface area contributed by atoms with Crippen molar-refractivity contribution in [2.24, 2.45) is 5.92 Å². The zero-order valence-electron chi connectivity index (χ0n) is 11.8. The lowest BCUT2D eigenvalue weighted by Gasteiger charge is -2.04.